The molecule has 0 spiro atoms. The van der Waals surface area contributed by atoms with Gasteiger partial charge in [-0.2, -0.15) is 18.3 Å². The molecule has 3 rings (SSSR count). The average molecular weight is 298 g/mol. The van der Waals surface area contributed by atoms with Crippen LogP contribution in [0.15, 0.2) is 31.0 Å². The zero-order valence-corrected chi connectivity index (χ0v) is 10.5. The van der Waals surface area contributed by atoms with Crippen molar-refractivity contribution in [1.82, 2.24) is 9.78 Å². The number of hydrogen-bond acceptors (Lipinski definition) is 4. The van der Waals surface area contributed by atoms with Gasteiger partial charge in [0.25, 0.3) is 0 Å². The molecule has 0 aliphatic carbocycles. The summed E-state index contributed by atoms with van der Waals surface area (Å²) in [7, 11) is 0. The minimum Gasteiger partial charge on any atom is -0.508 e. The highest BCUT2D eigenvalue weighted by molar-refractivity contribution is 5.62. The van der Waals surface area contributed by atoms with Crippen molar-refractivity contribution < 1.29 is 27.8 Å². The van der Waals surface area contributed by atoms with E-state index >= 15 is 0 Å². The number of ether oxygens (including phenoxy) is 2. The Morgan fingerprint density at radius 2 is 2.10 bits per heavy atom. The van der Waals surface area contributed by atoms with Crippen LogP contribution in [0.5, 0.6) is 11.5 Å². The van der Waals surface area contributed by atoms with E-state index in [9.17, 15) is 18.3 Å². The lowest BCUT2D eigenvalue weighted by Crippen LogP contribution is -2.15. The number of rotatable bonds is 2. The number of hydrogen-bond donors (Lipinski definition) is 1. The molecule has 110 valence electrons. The second-order valence-corrected chi connectivity index (χ2v) is 4.27. The van der Waals surface area contributed by atoms with Gasteiger partial charge in [-0.3, -0.25) is 0 Å². The van der Waals surface area contributed by atoms with Gasteiger partial charge in [0, 0.05) is 0 Å². The molecule has 0 amide bonds. The molecule has 0 fully saturated rings. The zero-order valence-electron chi connectivity index (χ0n) is 10.5. The molecular weight excluding hydrogens is 289 g/mol. The monoisotopic (exact) mass is 298 g/mol. The van der Waals surface area contributed by atoms with Crippen molar-refractivity contribution >= 4 is 5.76 Å². The third-order valence-electron chi connectivity index (χ3n) is 2.95. The van der Waals surface area contributed by atoms with Crippen LogP contribution in [0.4, 0.5) is 13.2 Å². The standard InChI is InChI=1S/C13H9F3N2O3/c1-7(19)8-5-17-18(12(8)13(14,15)16)9-3-2-4-10-11(9)21-6-20-10/h2-5,19H,1,6H2. The molecule has 0 atom stereocenters. The van der Waals surface area contributed by atoms with E-state index in [1.165, 1.54) is 12.1 Å². The van der Waals surface area contributed by atoms with Crippen LogP contribution in [0, 0.1) is 0 Å². The molecule has 1 aliphatic heterocycles. The normalized spacial score (nSPS) is 13.5. The van der Waals surface area contributed by atoms with Crippen LogP contribution in [-0.4, -0.2) is 21.7 Å². The van der Waals surface area contributed by atoms with Gasteiger partial charge in [0.2, 0.25) is 6.79 Å². The Morgan fingerprint density at radius 1 is 1.33 bits per heavy atom. The first-order valence-corrected chi connectivity index (χ1v) is 5.82. The van der Waals surface area contributed by atoms with Crippen molar-refractivity contribution in [2.24, 2.45) is 0 Å². The number of halogens is 3. The quantitative estimate of drug-likeness (QED) is 0.865. The van der Waals surface area contributed by atoms with Gasteiger partial charge in [-0.15, -0.1) is 0 Å². The van der Waals surface area contributed by atoms with E-state index in [-0.39, 0.29) is 18.2 Å². The third kappa shape index (κ3) is 2.08. The summed E-state index contributed by atoms with van der Waals surface area (Å²) in [6.45, 7) is 3.05. The summed E-state index contributed by atoms with van der Waals surface area (Å²) in [5, 5.41) is 13.0. The van der Waals surface area contributed by atoms with Crippen LogP contribution in [0.3, 0.4) is 0 Å². The van der Waals surface area contributed by atoms with Crippen LogP contribution in [0.1, 0.15) is 11.3 Å². The summed E-state index contributed by atoms with van der Waals surface area (Å²) >= 11 is 0. The maximum absolute atomic E-state index is 13.3. The highest BCUT2D eigenvalue weighted by atomic mass is 19.4. The van der Waals surface area contributed by atoms with Gasteiger partial charge < -0.3 is 14.6 Å². The van der Waals surface area contributed by atoms with Gasteiger partial charge >= 0.3 is 6.18 Å². The number of para-hydroxylation sites is 1. The molecule has 8 heteroatoms. The summed E-state index contributed by atoms with van der Waals surface area (Å²) in [6.07, 6.45) is -3.82. The van der Waals surface area contributed by atoms with E-state index in [1.54, 1.807) is 6.07 Å². The molecule has 2 aromatic rings. The third-order valence-corrected chi connectivity index (χ3v) is 2.95. The van der Waals surface area contributed by atoms with E-state index in [1.807, 2.05) is 0 Å². The molecule has 0 saturated carbocycles. The zero-order chi connectivity index (χ0) is 15.2. The largest absolute Gasteiger partial charge is 0.508 e. The summed E-state index contributed by atoms with van der Waals surface area (Å²) in [6, 6.07) is 4.52. The van der Waals surface area contributed by atoms with Crippen LogP contribution >= 0.6 is 0 Å². The maximum atomic E-state index is 13.3. The molecule has 0 unspecified atom stereocenters. The number of benzene rings is 1. The Labute approximate surface area is 116 Å². The molecule has 1 aromatic heterocycles. The average Bonchev–Trinajstić information content (AvgIpc) is 3.04. The van der Waals surface area contributed by atoms with Crippen LogP contribution in [0.2, 0.25) is 0 Å². The molecule has 1 aliphatic rings. The second-order valence-electron chi connectivity index (χ2n) is 4.27. The molecular formula is C13H9F3N2O3. The van der Waals surface area contributed by atoms with E-state index in [0.29, 0.717) is 10.4 Å². The van der Waals surface area contributed by atoms with Crippen molar-refractivity contribution in [2.75, 3.05) is 6.79 Å². The van der Waals surface area contributed by atoms with Gasteiger partial charge in [-0.1, -0.05) is 12.6 Å². The number of aliphatic hydroxyl groups is 1. The SMILES string of the molecule is C=C(O)c1cnn(-c2cccc3c2OCO3)c1C(F)(F)F. The lowest BCUT2D eigenvalue weighted by molar-refractivity contribution is -0.143. The predicted molar refractivity (Wildman–Crippen MR) is 66.4 cm³/mol. The number of alkyl halides is 3. The molecule has 0 radical (unpaired) electrons. The summed E-state index contributed by atoms with van der Waals surface area (Å²) in [5.74, 6) is -0.208. The Morgan fingerprint density at radius 3 is 2.76 bits per heavy atom. The van der Waals surface area contributed by atoms with E-state index < -0.39 is 23.2 Å². The Bertz CT molecular complexity index is 722. The highest BCUT2D eigenvalue weighted by Gasteiger charge is 2.40. The first-order chi connectivity index (χ1) is 9.89. The fraction of sp³-hybridized carbons (Fsp3) is 0.154. The van der Waals surface area contributed by atoms with Crippen molar-refractivity contribution in [1.29, 1.82) is 0 Å². The molecule has 0 bridgehead atoms. The molecule has 1 aromatic carbocycles. The van der Waals surface area contributed by atoms with Crippen molar-refractivity contribution in [3.05, 3.63) is 42.2 Å². The number of fused-ring (bicyclic) bond motifs is 1. The van der Waals surface area contributed by atoms with Gasteiger partial charge in [0.15, 0.2) is 17.2 Å². The topological polar surface area (TPSA) is 56.5 Å². The minimum atomic E-state index is -4.72. The lowest BCUT2D eigenvalue weighted by Gasteiger charge is -2.13. The van der Waals surface area contributed by atoms with Crippen LogP contribution < -0.4 is 9.47 Å². The molecule has 0 saturated heterocycles. The lowest BCUT2D eigenvalue weighted by atomic mass is 10.2. The summed E-state index contributed by atoms with van der Waals surface area (Å²) in [4.78, 5) is 0. The van der Waals surface area contributed by atoms with Gasteiger partial charge in [-0.05, 0) is 12.1 Å². The van der Waals surface area contributed by atoms with Crippen LogP contribution in [-0.2, 0) is 6.18 Å². The summed E-state index contributed by atoms with van der Waals surface area (Å²) < 4.78 is 50.7. The van der Waals surface area contributed by atoms with Crippen molar-refractivity contribution in [3.63, 3.8) is 0 Å². The van der Waals surface area contributed by atoms with Gasteiger partial charge in [0.1, 0.15) is 11.4 Å². The smallest absolute Gasteiger partial charge is 0.434 e. The Hall–Kier alpha value is -2.64. The first kappa shape index (κ1) is 13.3. The Balaban J connectivity index is 2.25. The fourth-order valence-electron chi connectivity index (χ4n) is 2.10. The Kier molecular flexibility index (Phi) is 2.82. The first-order valence-electron chi connectivity index (χ1n) is 5.82. The van der Waals surface area contributed by atoms with E-state index in [2.05, 4.69) is 11.7 Å². The van der Waals surface area contributed by atoms with E-state index in [0.717, 1.165) is 6.20 Å². The van der Waals surface area contributed by atoms with Gasteiger partial charge in [-0.25, -0.2) is 4.68 Å². The highest BCUT2D eigenvalue weighted by Crippen LogP contribution is 2.41. The van der Waals surface area contributed by atoms with Crippen molar-refractivity contribution in [3.8, 4) is 17.2 Å². The van der Waals surface area contributed by atoms with E-state index in [4.69, 9.17) is 9.47 Å². The number of aliphatic hydroxyl groups excluding tert-OH is 1. The molecule has 21 heavy (non-hydrogen) atoms. The molecule has 1 N–H and O–H groups in total. The maximum Gasteiger partial charge on any atom is 0.434 e. The predicted octanol–water partition coefficient (Wildman–Crippen LogP) is 3.15. The van der Waals surface area contributed by atoms with Gasteiger partial charge in [0.05, 0.1) is 11.8 Å². The fourth-order valence-corrected chi connectivity index (χ4v) is 2.10. The molecule has 2 heterocycles. The van der Waals surface area contributed by atoms with Crippen molar-refractivity contribution in [2.45, 2.75) is 6.18 Å². The summed E-state index contributed by atoms with van der Waals surface area (Å²) in [5.41, 5.74) is -1.54. The number of aromatic nitrogens is 2. The van der Waals surface area contributed by atoms with Crippen LogP contribution in [0.25, 0.3) is 11.4 Å². The second kappa shape index (κ2) is 4.44. The molecule has 5 nitrogen and oxygen atoms in total. The number of nitrogens with zero attached hydrogens (tertiary/aromatic N) is 2. The minimum absolute atomic E-state index is 0.0739.